The minimum Gasteiger partial charge on any atom is -0.418 e. The molecular formula is C36H69N3OSi. The van der Waals surface area contributed by atoms with Crippen molar-refractivity contribution in [2.24, 2.45) is 45.5 Å². The van der Waals surface area contributed by atoms with Crippen LogP contribution >= 0.6 is 0 Å². The molecule has 3 fully saturated rings. The van der Waals surface area contributed by atoms with Gasteiger partial charge in [-0.25, -0.2) is 0 Å². The molecule has 5 heteroatoms. The summed E-state index contributed by atoms with van der Waals surface area (Å²) >= 11 is 0. The summed E-state index contributed by atoms with van der Waals surface area (Å²) < 4.78 is 6.32. The van der Waals surface area contributed by atoms with Gasteiger partial charge in [0.15, 0.2) is 8.32 Å². The Bertz CT molecular complexity index is 811. The lowest BCUT2D eigenvalue weighted by molar-refractivity contribution is 0.206. The number of hydrogen-bond acceptors (Lipinski definition) is 4. The Kier molecular flexibility index (Phi) is 14.1. The van der Waals surface area contributed by atoms with Crippen LogP contribution in [0.15, 0.2) is 9.98 Å². The molecule has 2 aliphatic carbocycles. The van der Waals surface area contributed by atoms with Crippen LogP contribution in [0, 0.1) is 35.5 Å². The first kappa shape index (κ1) is 35.0. The van der Waals surface area contributed by atoms with E-state index in [0.717, 1.165) is 43.1 Å². The summed E-state index contributed by atoms with van der Waals surface area (Å²) in [5, 5.41) is 4.23. The third kappa shape index (κ3) is 9.73. The molecule has 3 rings (SSSR count). The van der Waals surface area contributed by atoms with Gasteiger partial charge in [-0.1, -0.05) is 80.1 Å². The van der Waals surface area contributed by atoms with E-state index in [4.69, 9.17) is 14.4 Å². The van der Waals surface area contributed by atoms with E-state index >= 15 is 0 Å². The van der Waals surface area contributed by atoms with Crippen molar-refractivity contribution in [2.75, 3.05) is 6.61 Å². The van der Waals surface area contributed by atoms with Gasteiger partial charge in [0, 0.05) is 30.1 Å². The van der Waals surface area contributed by atoms with Gasteiger partial charge in [0.05, 0.1) is 12.1 Å². The van der Waals surface area contributed by atoms with Gasteiger partial charge in [-0.15, -0.1) is 0 Å². The molecule has 8 unspecified atom stereocenters. The molecule has 1 saturated heterocycles. The molecular weight excluding hydrogens is 519 g/mol. The lowest BCUT2D eigenvalue weighted by atomic mass is 9.73. The maximum atomic E-state index is 6.32. The van der Waals surface area contributed by atoms with Crippen molar-refractivity contribution in [2.45, 2.75) is 176 Å². The average Bonchev–Trinajstić information content (AvgIpc) is 2.94. The smallest absolute Gasteiger partial charge is 0.183 e. The van der Waals surface area contributed by atoms with Gasteiger partial charge in [0.2, 0.25) is 0 Å². The summed E-state index contributed by atoms with van der Waals surface area (Å²) in [6, 6.07) is 1.70. The maximum Gasteiger partial charge on any atom is 0.183 e. The fraction of sp³-hybridized carbons (Fsp3) is 0.944. The molecule has 2 saturated carbocycles. The third-order valence-corrected chi connectivity index (χ3v) is 12.2. The van der Waals surface area contributed by atoms with Crippen molar-refractivity contribution >= 4 is 19.7 Å². The van der Waals surface area contributed by atoms with Crippen LogP contribution in [0.5, 0.6) is 0 Å². The predicted molar refractivity (Wildman–Crippen MR) is 183 cm³/mol. The number of nitrogens with zero attached hydrogens (tertiary/aromatic N) is 2. The quantitative estimate of drug-likeness (QED) is 0.132. The molecule has 0 aromatic rings. The largest absolute Gasteiger partial charge is 0.418 e. The minimum atomic E-state index is -1.50. The highest BCUT2D eigenvalue weighted by atomic mass is 28.4. The molecule has 0 amide bonds. The van der Waals surface area contributed by atoms with Gasteiger partial charge in [0.1, 0.15) is 0 Å². The predicted octanol–water partition coefficient (Wildman–Crippen LogP) is 9.73. The molecule has 4 nitrogen and oxygen atoms in total. The molecule has 0 bridgehead atoms. The van der Waals surface area contributed by atoms with E-state index in [1.165, 1.54) is 82.1 Å². The van der Waals surface area contributed by atoms with E-state index < -0.39 is 8.32 Å². The molecule has 41 heavy (non-hydrogen) atoms. The summed E-state index contributed by atoms with van der Waals surface area (Å²) in [4.78, 5) is 11.4. The van der Waals surface area contributed by atoms with Crippen molar-refractivity contribution in [1.82, 2.24) is 5.32 Å². The van der Waals surface area contributed by atoms with Gasteiger partial charge in [-0.3, -0.25) is 9.98 Å². The van der Waals surface area contributed by atoms with Crippen molar-refractivity contribution < 1.29 is 4.43 Å². The first-order valence-corrected chi connectivity index (χ1v) is 21.4. The number of piperidine rings is 1. The Hall–Kier alpha value is -0.523. The molecule has 1 aliphatic heterocycles. The van der Waals surface area contributed by atoms with E-state index in [9.17, 15) is 0 Å². The van der Waals surface area contributed by atoms with Crippen LogP contribution in [-0.2, 0) is 4.43 Å². The van der Waals surface area contributed by atoms with Crippen molar-refractivity contribution in [3.8, 4) is 0 Å². The zero-order chi connectivity index (χ0) is 30.2. The summed E-state index contributed by atoms with van der Waals surface area (Å²) in [6.07, 6.45) is 16.6. The fourth-order valence-corrected chi connectivity index (χ4v) is 9.47. The second kappa shape index (κ2) is 16.5. The first-order valence-electron chi connectivity index (χ1n) is 18.0. The zero-order valence-corrected chi connectivity index (χ0v) is 30.0. The van der Waals surface area contributed by atoms with Crippen LogP contribution in [0.1, 0.15) is 132 Å². The second-order valence-electron chi connectivity index (χ2n) is 15.3. The Morgan fingerprint density at radius 3 is 1.66 bits per heavy atom. The highest BCUT2D eigenvalue weighted by molar-refractivity contribution is 6.69. The van der Waals surface area contributed by atoms with Gasteiger partial charge in [0.25, 0.3) is 0 Å². The van der Waals surface area contributed by atoms with Gasteiger partial charge in [-0.05, 0) is 107 Å². The van der Waals surface area contributed by atoms with Crippen LogP contribution in [-0.4, -0.2) is 50.5 Å². The van der Waals surface area contributed by atoms with Gasteiger partial charge in [-0.2, -0.15) is 0 Å². The number of rotatable bonds is 13. The summed E-state index contributed by atoms with van der Waals surface area (Å²) in [5.74, 6) is 4.18. The summed E-state index contributed by atoms with van der Waals surface area (Å²) in [6.45, 7) is 24.6. The molecule has 0 aromatic carbocycles. The molecule has 1 N–H and O–H groups in total. The maximum absolute atomic E-state index is 6.32. The van der Waals surface area contributed by atoms with Gasteiger partial charge < -0.3 is 9.74 Å². The Labute approximate surface area is 256 Å². The van der Waals surface area contributed by atoms with E-state index in [1.807, 2.05) is 0 Å². The van der Waals surface area contributed by atoms with Crippen LogP contribution in [0.25, 0.3) is 0 Å². The van der Waals surface area contributed by atoms with Crippen LogP contribution in [0.2, 0.25) is 19.6 Å². The normalized spacial score (nSPS) is 37.8. The fourth-order valence-electron chi connectivity index (χ4n) is 8.72. The topological polar surface area (TPSA) is 46.0 Å². The van der Waals surface area contributed by atoms with Crippen molar-refractivity contribution in [3.63, 3.8) is 0 Å². The minimum absolute atomic E-state index is 0.348. The zero-order valence-electron chi connectivity index (χ0n) is 29.0. The molecule has 0 spiro atoms. The second-order valence-corrected chi connectivity index (χ2v) is 19.8. The SMILES string of the molecule is CCC1CCCC(CC)C1N=C(C)C1NC(C(CCCO[Si](C)(C)C)=NC2C(CC)CCCC2CC)C(C)CC1C. The Morgan fingerprint density at radius 1 is 0.732 bits per heavy atom. The number of aliphatic imine (C=N–C) groups is 2. The van der Waals surface area contributed by atoms with Crippen molar-refractivity contribution in [1.29, 1.82) is 0 Å². The number of nitrogens with one attached hydrogen (secondary N) is 1. The van der Waals surface area contributed by atoms with E-state index in [-0.39, 0.29) is 0 Å². The van der Waals surface area contributed by atoms with Crippen LogP contribution < -0.4 is 5.32 Å². The molecule has 8 atom stereocenters. The third-order valence-electron chi connectivity index (χ3n) is 11.2. The highest BCUT2D eigenvalue weighted by Crippen LogP contribution is 2.38. The molecule has 0 aromatic heterocycles. The monoisotopic (exact) mass is 588 g/mol. The van der Waals surface area contributed by atoms with E-state index in [1.54, 1.807) is 0 Å². The molecule has 1 heterocycles. The molecule has 0 radical (unpaired) electrons. The highest BCUT2D eigenvalue weighted by Gasteiger charge is 2.39. The lowest BCUT2D eigenvalue weighted by Gasteiger charge is -2.43. The lowest BCUT2D eigenvalue weighted by Crippen LogP contribution is -2.57. The molecule has 238 valence electrons. The van der Waals surface area contributed by atoms with Crippen molar-refractivity contribution in [3.05, 3.63) is 0 Å². The Balaban J connectivity index is 1.89. The van der Waals surface area contributed by atoms with Crippen LogP contribution in [0.3, 0.4) is 0 Å². The van der Waals surface area contributed by atoms with E-state index in [0.29, 0.717) is 36.0 Å². The first-order chi connectivity index (χ1) is 19.5. The average molecular weight is 588 g/mol. The van der Waals surface area contributed by atoms with E-state index in [2.05, 4.69) is 73.4 Å². The number of hydrogen-bond donors (Lipinski definition) is 1. The Morgan fingerprint density at radius 2 is 1.20 bits per heavy atom. The standard InChI is InChI=1S/C36H69N3OSi/c1-11-28-18-15-19-29(12-2)35(28)37-27(7)33-25(5)24-26(6)34(39-33)32(22-17-23-40-41(8,9)10)38-36-30(13-3)20-16-21-31(36)14-4/h25-26,28-31,33-36,39H,11-24H2,1-10H3. The summed E-state index contributed by atoms with van der Waals surface area (Å²) in [5.41, 5.74) is 2.80. The molecule has 3 aliphatic rings. The van der Waals surface area contributed by atoms with Gasteiger partial charge >= 0.3 is 0 Å². The summed E-state index contributed by atoms with van der Waals surface area (Å²) in [7, 11) is -1.50. The van der Waals surface area contributed by atoms with Crippen LogP contribution in [0.4, 0.5) is 0 Å².